The van der Waals surface area contributed by atoms with Gasteiger partial charge in [-0.2, -0.15) is 0 Å². The number of hydrogen-bond acceptors (Lipinski definition) is 3. The van der Waals surface area contributed by atoms with Gasteiger partial charge in [0.05, 0.1) is 0 Å². The standard InChI is InChI=1S/C11H17N3O3/c12-10(16)8-3-2-6-14(8)11(17)9-4-1-5-13(9)7-15/h7-9H,1-6H2,(H2,12,16)/t8-,9-/m0/s1. The zero-order valence-corrected chi connectivity index (χ0v) is 9.67. The molecular weight excluding hydrogens is 222 g/mol. The summed E-state index contributed by atoms with van der Waals surface area (Å²) < 4.78 is 0. The van der Waals surface area contributed by atoms with Gasteiger partial charge in [-0.15, -0.1) is 0 Å². The first-order valence-corrected chi connectivity index (χ1v) is 5.96. The Labute approximate surface area is 99.7 Å². The summed E-state index contributed by atoms with van der Waals surface area (Å²) in [6, 6.07) is -0.885. The molecule has 2 rings (SSSR count). The summed E-state index contributed by atoms with van der Waals surface area (Å²) in [6.07, 6.45) is 3.66. The van der Waals surface area contributed by atoms with Crippen molar-refractivity contribution in [3.05, 3.63) is 0 Å². The molecule has 0 aromatic rings. The van der Waals surface area contributed by atoms with E-state index >= 15 is 0 Å². The third kappa shape index (κ3) is 2.11. The van der Waals surface area contributed by atoms with Gasteiger partial charge in [-0.1, -0.05) is 0 Å². The number of nitrogens with zero attached hydrogens (tertiary/aromatic N) is 2. The van der Waals surface area contributed by atoms with E-state index < -0.39 is 18.0 Å². The van der Waals surface area contributed by atoms with Crippen molar-refractivity contribution in [3.63, 3.8) is 0 Å². The largest absolute Gasteiger partial charge is 0.368 e. The first kappa shape index (κ1) is 11.9. The lowest BCUT2D eigenvalue weighted by molar-refractivity contribution is -0.143. The van der Waals surface area contributed by atoms with Crippen LogP contribution in [0.25, 0.3) is 0 Å². The van der Waals surface area contributed by atoms with Gasteiger partial charge in [0.2, 0.25) is 18.2 Å². The van der Waals surface area contributed by atoms with Crippen molar-refractivity contribution < 1.29 is 14.4 Å². The normalized spacial score (nSPS) is 28.5. The highest BCUT2D eigenvalue weighted by atomic mass is 16.2. The summed E-state index contributed by atoms with van der Waals surface area (Å²) in [4.78, 5) is 37.3. The number of carbonyl (C=O) groups is 3. The van der Waals surface area contributed by atoms with Crippen LogP contribution in [-0.4, -0.2) is 53.2 Å². The molecule has 0 aromatic heterocycles. The van der Waals surface area contributed by atoms with Crippen molar-refractivity contribution in [3.8, 4) is 0 Å². The molecule has 0 unspecified atom stereocenters. The fourth-order valence-corrected chi connectivity index (χ4v) is 2.70. The smallest absolute Gasteiger partial charge is 0.246 e. The van der Waals surface area contributed by atoms with Gasteiger partial charge in [-0.05, 0) is 25.7 Å². The molecule has 0 bridgehead atoms. The van der Waals surface area contributed by atoms with Crippen LogP contribution in [0.15, 0.2) is 0 Å². The molecule has 0 radical (unpaired) electrons. The topological polar surface area (TPSA) is 83.7 Å². The molecule has 17 heavy (non-hydrogen) atoms. The van der Waals surface area contributed by atoms with E-state index in [0.29, 0.717) is 32.3 Å². The van der Waals surface area contributed by atoms with E-state index in [1.54, 1.807) is 0 Å². The van der Waals surface area contributed by atoms with Crippen LogP contribution in [0, 0.1) is 0 Å². The lowest BCUT2D eigenvalue weighted by Gasteiger charge is -2.28. The molecule has 0 aromatic carbocycles. The Bertz CT molecular complexity index is 345. The molecule has 2 atom stereocenters. The number of amides is 3. The zero-order chi connectivity index (χ0) is 12.4. The molecule has 0 aliphatic carbocycles. The Balaban J connectivity index is 2.08. The minimum absolute atomic E-state index is 0.129. The lowest BCUT2D eigenvalue weighted by Crippen LogP contribution is -2.50. The van der Waals surface area contributed by atoms with Gasteiger partial charge in [0.25, 0.3) is 0 Å². The molecule has 0 saturated carbocycles. The average Bonchev–Trinajstić information content (AvgIpc) is 2.96. The summed E-state index contributed by atoms with van der Waals surface area (Å²) in [5.74, 6) is -0.581. The summed E-state index contributed by atoms with van der Waals surface area (Å²) >= 11 is 0. The maximum Gasteiger partial charge on any atom is 0.246 e. The summed E-state index contributed by atoms with van der Waals surface area (Å²) in [5.41, 5.74) is 5.28. The van der Waals surface area contributed by atoms with Crippen molar-refractivity contribution >= 4 is 18.2 Å². The molecule has 2 aliphatic heterocycles. The molecule has 2 aliphatic rings. The number of carbonyl (C=O) groups excluding carboxylic acids is 3. The SMILES string of the molecule is NC(=O)[C@@H]1CCCN1C(=O)[C@@H]1CCCN1C=O. The maximum absolute atomic E-state index is 12.2. The van der Waals surface area contributed by atoms with Gasteiger partial charge in [0.1, 0.15) is 12.1 Å². The van der Waals surface area contributed by atoms with E-state index in [1.165, 1.54) is 9.80 Å². The molecular formula is C11H17N3O3. The van der Waals surface area contributed by atoms with Gasteiger partial charge in [-0.25, -0.2) is 0 Å². The quantitative estimate of drug-likeness (QED) is 0.647. The van der Waals surface area contributed by atoms with Crippen LogP contribution < -0.4 is 5.73 Å². The molecule has 3 amide bonds. The minimum atomic E-state index is -0.489. The molecule has 94 valence electrons. The van der Waals surface area contributed by atoms with E-state index in [0.717, 1.165) is 12.8 Å². The Kier molecular flexibility index (Phi) is 3.31. The second-order valence-corrected chi connectivity index (χ2v) is 4.59. The van der Waals surface area contributed by atoms with Gasteiger partial charge < -0.3 is 15.5 Å². The van der Waals surface area contributed by atoms with Gasteiger partial charge in [0.15, 0.2) is 0 Å². The van der Waals surface area contributed by atoms with E-state index in [2.05, 4.69) is 0 Å². The third-order valence-electron chi connectivity index (χ3n) is 3.58. The van der Waals surface area contributed by atoms with Crippen LogP contribution in [0.4, 0.5) is 0 Å². The highest BCUT2D eigenvalue weighted by Gasteiger charge is 2.39. The summed E-state index contributed by atoms with van der Waals surface area (Å²) in [7, 11) is 0. The molecule has 2 saturated heterocycles. The zero-order valence-electron chi connectivity index (χ0n) is 9.67. The minimum Gasteiger partial charge on any atom is -0.368 e. The second-order valence-electron chi connectivity index (χ2n) is 4.59. The highest BCUT2D eigenvalue weighted by molar-refractivity contribution is 5.90. The van der Waals surface area contributed by atoms with Crippen LogP contribution in [0.3, 0.4) is 0 Å². The van der Waals surface area contributed by atoms with E-state index in [-0.39, 0.29) is 5.91 Å². The van der Waals surface area contributed by atoms with Crippen molar-refractivity contribution in [1.82, 2.24) is 9.80 Å². The van der Waals surface area contributed by atoms with E-state index in [9.17, 15) is 14.4 Å². The Morgan fingerprint density at radius 1 is 1.12 bits per heavy atom. The monoisotopic (exact) mass is 239 g/mol. The maximum atomic E-state index is 12.2. The number of likely N-dealkylation sites (tertiary alicyclic amines) is 2. The molecule has 6 heteroatoms. The number of primary amides is 1. The molecule has 6 nitrogen and oxygen atoms in total. The van der Waals surface area contributed by atoms with Crippen molar-refractivity contribution in [2.45, 2.75) is 37.8 Å². The van der Waals surface area contributed by atoms with Crippen LogP contribution >= 0.6 is 0 Å². The fraction of sp³-hybridized carbons (Fsp3) is 0.727. The summed E-state index contributed by atoms with van der Waals surface area (Å²) in [6.45, 7) is 1.19. The van der Waals surface area contributed by atoms with E-state index in [4.69, 9.17) is 5.73 Å². The van der Waals surface area contributed by atoms with Crippen LogP contribution in [0.5, 0.6) is 0 Å². The van der Waals surface area contributed by atoms with Crippen LogP contribution in [0.2, 0.25) is 0 Å². The first-order valence-electron chi connectivity index (χ1n) is 5.96. The first-order chi connectivity index (χ1) is 8.15. The summed E-state index contributed by atoms with van der Waals surface area (Å²) in [5, 5.41) is 0. The fourth-order valence-electron chi connectivity index (χ4n) is 2.70. The third-order valence-corrected chi connectivity index (χ3v) is 3.58. The van der Waals surface area contributed by atoms with Crippen molar-refractivity contribution in [2.75, 3.05) is 13.1 Å². The van der Waals surface area contributed by atoms with Crippen LogP contribution in [-0.2, 0) is 14.4 Å². The molecule has 2 heterocycles. The molecule has 2 N–H and O–H groups in total. The van der Waals surface area contributed by atoms with Gasteiger partial charge >= 0.3 is 0 Å². The Hall–Kier alpha value is -1.59. The second kappa shape index (κ2) is 4.73. The predicted molar refractivity (Wildman–Crippen MR) is 59.7 cm³/mol. The van der Waals surface area contributed by atoms with Gasteiger partial charge in [0, 0.05) is 13.1 Å². The lowest BCUT2D eigenvalue weighted by atomic mass is 10.1. The predicted octanol–water partition coefficient (Wildman–Crippen LogP) is -0.916. The Morgan fingerprint density at radius 2 is 1.76 bits per heavy atom. The Morgan fingerprint density at radius 3 is 2.41 bits per heavy atom. The molecule has 0 spiro atoms. The average molecular weight is 239 g/mol. The van der Waals surface area contributed by atoms with Crippen LogP contribution in [0.1, 0.15) is 25.7 Å². The molecule has 2 fully saturated rings. The number of rotatable bonds is 3. The highest BCUT2D eigenvalue weighted by Crippen LogP contribution is 2.23. The van der Waals surface area contributed by atoms with Crippen molar-refractivity contribution in [1.29, 1.82) is 0 Å². The number of nitrogens with two attached hydrogens (primary N) is 1. The number of hydrogen-bond donors (Lipinski definition) is 1. The van der Waals surface area contributed by atoms with Crippen molar-refractivity contribution in [2.24, 2.45) is 5.73 Å². The van der Waals surface area contributed by atoms with E-state index in [1.807, 2.05) is 0 Å². The van der Waals surface area contributed by atoms with Gasteiger partial charge in [-0.3, -0.25) is 14.4 Å².